The van der Waals surface area contributed by atoms with Crippen molar-refractivity contribution in [2.45, 2.75) is 31.6 Å². The van der Waals surface area contributed by atoms with E-state index in [4.69, 9.17) is 0 Å². The van der Waals surface area contributed by atoms with Crippen LogP contribution in [0, 0.1) is 11.7 Å². The Labute approximate surface area is 119 Å². The number of sulfonamides is 1. The van der Waals surface area contributed by atoms with E-state index in [0.717, 1.165) is 25.9 Å². The number of rotatable bonds is 5. The lowest BCUT2D eigenvalue weighted by molar-refractivity contribution is 0.320. The average molecular weight is 300 g/mol. The summed E-state index contributed by atoms with van der Waals surface area (Å²) < 4.78 is 39.8. The van der Waals surface area contributed by atoms with E-state index in [1.807, 2.05) is 6.92 Å². The minimum absolute atomic E-state index is 0.0896. The third-order valence-electron chi connectivity index (χ3n) is 3.68. The van der Waals surface area contributed by atoms with Gasteiger partial charge < -0.3 is 5.32 Å². The molecule has 2 N–H and O–H groups in total. The molecule has 0 spiro atoms. The van der Waals surface area contributed by atoms with Gasteiger partial charge in [-0.3, -0.25) is 0 Å². The zero-order valence-electron chi connectivity index (χ0n) is 11.6. The van der Waals surface area contributed by atoms with Gasteiger partial charge in [0.05, 0.1) is 5.75 Å². The van der Waals surface area contributed by atoms with Crippen LogP contribution in [-0.2, 0) is 15.8 Å². The Kier molecular flexibility index (Phi) is 5.12. The fraction of sp³-hybridized carbons (Fsp3) is 0.571. The van der Waals surface area contributed by atoms with E-state index in [9.17, 15) is 12.8 Å². The highest BCUT2D eigenvalue weighted by molar-refractivity contribution is 7.88. The predicted octanol–water partition coefficient (Wildman–Crippen LogP) is 1.63. The maximum Gasteiger partial charge on any atom is 0.216 e. The second-order valence-corrected chi connectivity index (χ2v) is 7.15. The lowest BCUT2D eigenvalue weighted by Gasteiger charge is -2.28. The van der Waals surface area contributed by atoms with Gasteiger partial charge in [0.2, 0.25) is 10.0 Å². The molecule has 1 aromatic carbocycles. The average Bonchev–Trinajstić information content (AvgIpc) is 2.41. The van der Waals surface area contributed by atoms with Gasteiger partial charge in [-0.15, -0.1) is 0 Å². The minimum Gasteiger partial charge on any atom is -0.316 e. The molecule has 0 amide bonds. The third-order valence-corrected chi connectivity index (χ3v) is 5.12. The Hall–Kier alpha value is -0.980. The van der Waals surface area contributed by atoms with E-state index in [1.165, 1.54) is 24.3 Å². The molecule has 2 unspecified atom stereocenters. The molecule has 0 bridgehead atoms. The van der Waals surface area contributed by atoms with Crippen molar-refractivity contribution >= 4 is 10.0 Å². The van der Waals surface area contributed by atoms with Crippen molar-refractivity contribution in [3.8, 4) is 0 Å². The fourth-order valence-electron chi connectivity index (χ4n) is 2.53. The molecular formula is C14H21FN2O2S. The van der Waals surface area contributed by atoms with Gasteiger partial charge in [-0.25, -0.2) is 17.5 Å². The van der Waals surface area contributed by atoms with Crippen molar-refractivity contribution in [2.75, 3.05) is 13.1 Å². The van der Waals surface area contributed by atoms with Crippen LogP contribution in [0.1, 0.15) is 25.3 Å². The molecule has 6 heteroatoms. The molecule has 4 nitrogen and oxygen atoms in total. The van der Waals surface area contributed by atoms with Crippen LogP contribution in [0.2, 0.25) is 0 Å². The van der Waals surface area contributed by atoms with E-state index in [1.54, 1.807) is 0 Å². The van der Waals surface area contributed by atoms with Gasteiger partial charge >= 0.3 is 0 Å². The number of hydrogen-bond acceptors (Lipinski definition) is 3. The van der Waals surface area contributed by atoms with Crippen molar-refractivity contribution in [1.29, 1.82) is 0 Å². The Morgan fingerprint density at radius 2 is 2.10 bits per heavy atom. The molecular weight excluding hydrogens is 279 g/mol. The van der Waals surface area contributed by atoms with Gasteiger partial charge in [-0.2, -0.15) is 0 Å². The Bertz CT molecular complexity index is 525. The van der Waals surface area contributed by atoms with E-state index < -0.39 is 10.0 Å². The summed E-state index contributed by atoms with van der Waals surface area (Å²) in [5.74, 6) is -0.148. The number of hydrogen-bond donors (Lipinski definition) is 2. The highest BCUT2D eigenvalue weighted by Gasteiger charge is 2.24. The van der Waals surface area contributed by atoms with Crippen LogP contribution in [0.15, 0.2) is 24.3 Å². The second-order valence-electron chi connectivity index (χ2n) is 5.40. The number of nitrogens with one attached hydrogen (secondary N) is 2. The molecule has 0 saturated carbocycles. The predicted molar refractivity (Wildman–Crippen MR) is 77.2 cm³/mol. The van der Waals surface area contributed by atoms with Gasteiger partial charge in [0.25, 0.3) is 0 Å². The first-order valence-electron chi connectivity index (χ1n) is 6.91. The second kappa shape index (κ2) is 6.65. The summed E-state index contributed by atoms with van der Waals surface area (Å²) in [6, 6.07) is 5.47. The van der Waals surface area contributed by atoms with Crippen molar-refractivity contribution in [3.05, 3.63) is 35.6 Å². The molecule has 1 aliphatic rings. The molecule has 1 fully saturated rings. The molecule has 2 atom stereocenters. The van der Waals surface area contributed by atoms with Gasteiger partial charge in [0.15, 0.2) is 0 Å². The SMILES string of the molecule is CC(NS(=O)(=O)Cc1ccc(F)cc1)C1CCCNC1. The largest absolute Gasteiger partial charge is 0.316 e. The maximum atomic E-state index is 12.8. The van der Waals surface area contributed by atoms with Crippen LogP contribution in [-0.4, -0.2) is 27.5 Å². The van der Waals surface area contributed by atoms with Crippen LogP contribution in [0.25, 0.3) is 0 Å². The molecule has 20 heavy (non-hydrogen) atoms. The Morgan fingerprint density at radius 1 is 1.40 bits per heavy atom. The summed E-state index contributed by atoms with van der Waals surface area (Å²) in [4.78, 5) is 0. The fourth-order valence-corrected chi connectivity index (χ4v) is 4.00. The van der Waals surface area contributed by atoms with Crippen LogP contribution >= 0.6 is 0 Å². The highest BCUT2D eigenvalue weighted by atomic mass is 32.2. The zero-order valence-corrected chi connectivity index (χ0v) is 12.4. The van der Waals surface area contributed by atoms with Crippen LogP contribution in [0.3, 0.4) is 0 Å². The zero-order chi connectivity index (χ0) is 14.6. The third kappa shape index (κ3) is 4.54. The smallest absolute Gasteiger partial charge is 0.216 e. The van der Waals surface area contributed by atoms with E-state index in [0.29, 0.717) is 11.5 Å². The number of piperidine rings is 1. The topological polar surface area (TPSA) is 58.2 Å². The van der Waals surface area contributed by atoms with Gasteiger partial charge in [-0.05, 0) is 56.5 Å². The first kappa shape index (κ1) is 15.4. The molecule has 112 valence electrons. The lowest BCUT2D eigenvalue weighted by Crippen LogP contribution is -2.44. The first-order valence-corrected chi connectivity index (χ1v) is 8.57. The summed E-state index contributed by atoms with van der Waals surface area (Å²) in [7, 11) is -3.40. The first-order chi connectivity index (χ1) is 9.46. The summed E-state index contributed by atoms with van der Waals surface area (Å²) in [5, 5.41) is 3.28. The van der Waals surface area contributed by atoms with Crippen LogP contribution in [0.5, 0.6) is 0 Å². The molecule has 2 rings (SSSR count). The normalized spacial score (nSPS) is 21.6. The van der Waals surface area contributed by atoms with Crippen LogP contribution in [0.4, 0.5) is 4.39 Å². The molecule has 0 aliphatic carbocycles. The molecule has 1 aliphatic heterocycles. The van der Waals surface area contributed by atoms with E-state index >= 15 is 0 Å². The quantitative estimate of drug-likeness (QED) is 0.869. The summed E-state index contributed by atoms with van der Waals surface area (Å²) in [5.41, 5.74) is 0.591. The highest BCUT2D eigenvalue weighted by Crippen LogP contribution is 2.16. The molecule has 1 heterocycles. The Balaban J connectivity index is 1.94. The van der Waals surface area contributed by atoms with Crippen molar-refractivity contribution < 1.29 is 12.8 Å². The number of benzene rings is 1. The molecule has 0 aromatic heterocycles. The van der Waals surface area contributed by atoms with Crippen LogP contribution < -0.4 is 10.0 Å². The van der Waals surface area contributed by atoms with Crippen molar-refractivity contribution in [1.82, 2.24) is 10.0 Å². The van der Waals surface area contributed by atoms with Gasteiger partial charge in [0.1, 0.15) is 5.82 Å². The van der Waals surface area contributed by atoms with Crippen molar-refractivity contribution in [2.24, 2.45) is 5.92 Å². The molecule has 0 radical (unpaired) electrons. The Morgan fingerprint density at radius 3 is 2.70 bits per heavy atom. The van der Waals surface area contributed by atoms with Crippen molar-refractivity contribution in [3.63, 3.8) is 0 Å². The maximum absolute atomic E-state index is 12.8. The summed E-state index contributed by atoms with van der Waals surface area (Å²) in [6.45, 7) is 3.76. The summed E-state index contributed by atoms with van der Waals surface area (Å²) in [6.07, 6.45) is 2.11. The minimum atomic E-state index is -3.40. The van der Waals surface area contributed by atoms with E-state index in [-0.39, 0.29) is 17.6 Å². The number of halogens is 1. The lowest BCUT2D eigenvalue weighted by atomic mass is 9.94. The molecule has 1 saturated heterocycles. The van der Waals surface area contributed by atoms with Gasteiger partial charge in [-0.1, -0.05) is 12.1 Å². The van der Waals surface area contributed by atoms with E-state index in [2.05, 4.69) is 10.0 Å². The standard InChI is InChI=1S/C14H21FN2O2S/c1-11(13-3-2-8-16-9-13)17-20(18,19)10-12-4-6-14(15)7-5-12/h4-7,11,13,16-17H,2-3,8-10H2,1H3. The summed E-state index contributed by atoms with van der Waals surface area (Å²) >= 11 is 0. The molecule has 1 aromatic rings. The monoisotopic (exact) mass is 300 g/mol. The van der Waals surface area contributed by atoms with Gasteiger partial charge in [0, 0.05) is 6.04 Å².